The van der Waals surface area contributed by atoms with Crippen LogP contribution in [0.1, 0.15) is 19.8 Å². The van der Waals surface area contributed by atoms with Gasteiger partial charge in [0.15, 0.2) is 0 Å². The summed E-state index contributed by atoms with van der Waals surface area (Å²) in [5, 5.41) is 2.58. The van der Waals surface area contributed by atoms with Gasteiger partial charge in [0.25, 0.3) is 0 Å². The molecule has 1 aliphatic rings. The van der Waals surface area contributed by atoms with Crippen molar-refractivity contribution in [3.8, 4) is 0 Å². The fraction of sp³-hybridized carbons (Fsp3) is 0.818. The van der Waals surface area contributed by atoms with Crippen LogP contribution in [-0.4, -0.2) is 43.9 Å². The van der Waals surface area contributed by atoms with Crippen molar-refractivity contribution in [2.75, 3.05) is 27.2 Å². The van der Waals surface area contributed by atoms with Crippen molar-refractivity contribution in [1.82, 2.24) is 10.2 Å². The van der Waals surface area contributed by atoms with E-state index in [1.165, 1.54) is 0 Å². The van der Waals surface area contributed by atoms with Crippen LogP contribution in [0.15, 0.2) is 0 Å². The third-order valence-electron chi connectivity index (χ3n) is 3.29. The summed E-state index contributed by atoms with van der Waals surface area (Å²) in [7, 11) is 3.33. The van der Waals surface area contributed by atoms with Gasteiger partial charge in [-0.25, -0.2) is 0 Å². The molecule has 0 bridgehead atoms. The molecule has 92 valence electrons. The van der Waals surface area contributed by atoms with Crippen LogP contribution < -0.4 is 11.1 Å². The second-order valence-corrected chi connectivity index (χ2v) is 4.69. The Morgan fingerprint density at radius 3 is 2.44 bits per heavy atom. The summed E-state index contributed by atoms with van der Waals surface area (Å²) in [5.74, 6) is -0.157. The van der Waals surface area contributed by atoms with E-state index < -0.39 is 0 Å². The second-order valence-electron chi connectivity index (χ2n) is 4.69. The van der Waals surface area contributed by atoms with Gasteiger partial charge in [0.05, 0.1) is 11.3 Å². The third kappa shape index (κ3) is 2.52. The molecule has 0 aliphatic heterocycles. The number of rotatable bonds is 5. The average Bonchev–Trinajstić information content (AvgIpc) is 3.07. The van der Waals surface area contributed by atoms with Gasteiger partial charge in [-0.2, -0.15) is 0 Å². The lowest BCUT2D eigenvalue weighted by molar-refractivity contribution is -0.136. The molecule has 3 N–H and O–H groups in total. The molecule has 0 heterocycles. The SMILES string of the molecule is CNC(=O)C(C)CN(C)C(=O)C1(CN)CC1. The summed E-state index contributed by atoms with van der Waals surface area (Å²) >= 11 is 0. The zero-order valence-electron chi connectivity index (χ0n) is 10.2. The van der Waals surface area contributed by atoms with Crippen LogP contribution in [0.2, 0.25) is 0 Å². The number of amides is 2. The van der Waals surface area contributed by atoms with Crippen LogP contribution in [0.25, 0.3) is 0 Å². The molecule has 1 atom stereocenters. The Morgan fingerprint density at radius 1 is 1.50 bits per heavy atom. The minimum Gasteiger partial charge on any atom is -0.359 e. The molecule has 0 aromatic rings. The van der Waals surface area contributed by atoms with Crippen LogP contribution in [0.5, 0.6) is 0 Å². The standard InChI is InChI=1S/C11H21N3O2/c1-8(9(15)13-2)6-14(3)10(16)11(7-12)4-5-11/h8H,4-7,12H2,1-3H3,(H,13,15). The Hall–Kier alpha value is -1.10. The molecule has 1 aliphatic carbocycles. The molecular weight excluding hydrogens is 206 g/mol. The monoisotopic (exact) mass is 227 g/mol. The maximum Gasteiger partial charge on any atom is 0.229 e. The summed E-state index contributed by atoms with van der Waals surface area (Å²) in [6.45, 7) is 2.66. The minimum atomic E-state index is -0.322. The van der Waals surface area contributed by atoms with E-state index in [-0.39, 0.29) is 23.1 Å². The fourth-order valence-corrected chi connectivity index (χ4v) is 1.88. The fourth-order valence-electron chi connectivity index (χ4n) is 1.88. The molecule has 1 fully saturated rings. The van der Waals surface area contributed by atoms with E-state index in [2.05, 4.69) is 5.32 Å². The molecular formula is C11H21N3O2. The number of carbonyl (C=O) groups is 2. The van der Waals surface area contributed by atoms with Crippen molar-refractivity contribution in [3.05, 3.63) is 0 Å². The van der Waals surface area contributed by atoms with Crippen molar-refractivity contribution in [2.45, 2.75) is 19.8 Å². The summed E-state index contributed by atoms with van der Waals surface area (Å²) in [6, 6.07) is 0. The highest BCUT2D eigenvalue weighted by Crippen LogP contribution is 2.45. The number of nitrogens with two attached hydrogens (primary N) is 1. The molecule has 16 heavy (non-hydrogen) atoms. The number of hydrogen-bond acceptors (Lipinski definition) is 3. The molecule has 0 saturated heterocycles. The highest BCUT2D eigenvalue weighted by Gasteiger charge is 2.49. The lowest BCUT2D eigenvalue weighted by atomic mass is 10.0. The minimum absolute atomic E-state index is 0.0442. The predicted octanol–water partition coefficient (Wildman–Crippen LogP) is -0.434. The first-order valence-electron chi connectivity index (χ1n) is 5.64. The molecule has 0 spiro atoms. The van der Waals surface area contributed by atoms with Crippen molar-refractivity contribution < 1.29 is 9.59 Å². The zero-order valence-corrected chi connectivity index (χ0v) is 10.2. The van der Waals surface area contributed by atoms with Crippen molar-refractivity contribution >= 4 is 11.8 Å². The normalized spacial score (nSPS) is 18.8. The highest BCUT2D eigenvalue weighted by atomic mass is 16.2. The van der Waals surface area contributed by atoms with E-state index in [0.29, 0.717) is 13.1 Å². The summed E-state index contributed by atoms with van der Waals surface area (Å²) in [5.41, 5.74) is 5.28. The van der Waals surface area contributed by atoms with E-state index in [9.17, 15) is 9.59 Å². The third-order valence-corrected chi connectivity index (χ3v) is 3.29. The van der Waals surface area contributed by atoms with Crippen molar-refractivity contribution in [3.63, 3.8) is 0 Å². The quantitative estimate of drug-likeness (QED) is 0.669. The molecule has 5 heteroatoms. The van der Waals surface area contributed by atoms with Crippen LogP contribution in [-0.2, 0) is 9.59 Å². The van der Waals surface area contributed by atoms with Crippen LogP contribution in [0, 0.1) is 11.3 Å². The molecule has 1 unspecified atom stereocenters. The van der Waals surface area contributed by atoms with Gasteiger partial charge in [0, 0.05) is 27.2 Å². The van der Waals surface area contributed by atoms with E-state index in [0.717, 1.165) is 12.8 Å². The van der Waals surface area contributed by atoms with E-state index in [1.807, 2.05) is 6.92 Å². The molecule has 5 nitrogen and oxygen atoms in total. The number of carbonyl (C=O) groups excluding carboxylic acids is 2. The molecule has 0 radical (unpaired) electrons. The van der Waals surface area contributed by atoms with Crippen molar-refractivity contribution in [1.29, 1.82) is 0 Å². The smallest absolute Gasteiger partial charge is 0.229 e. The van der Waals surface area contributed by atoms with Gasteiger partial charge in [-0.1, -0.05) is 6.92 Å². The lowest BCUT2D eigenvalue weighted by Gasteiger charge is -2.24. The summed E-state index contributed by atoms with van der Waals surface area (Å²) in [6.07, 6.45) is 1.75. The lowest BCUT2D eigenvalue weighted by Crippen LogP contribution is -2.42. The van der Waals surface area contributed by atoms with Gasteiger partial charge in [0.1, 0.15) is 0 Å². The molecule has 2 amide bonds. The van der Waals surface area contributed by atoms with Crippen LogP contribution in [0.3, 0.4) is 0 Å². The topological polar surface area (TPSA) is 75.4 Å². The Kier molecular flexibility index (Phi) is 3.91. The first-order chi connectivity index (χ1) is 7.46. The summed E-state index contributed by atoms with van der Waals surface area (Å²) < 4.78 is 0. The zero-order chi connectivity index (χ0) is 12.3. The van der Waals surface area contributed by atoms with E-state index >= 15 is 0 Å². The average molecular weight is 227 g/mol. The maximum absolute atomic E-state index is 12.0. The van der Waals surface area contributed by atoms with Gasteiger partial charge in [-0.3, -0.25) is 9.59 Å². The largest absolute Gasteiger partial charge is 0.359 e. The van der Waals surface area contributed by atoms with E-state index in [4.69, 9.17) is 5.73 Å². The van der Waals surface area contributed by atoms with Crippen LogP contribution in [0.4, 0.5) is 0 Å². The Labute approximate surface area is 96.4 Å². The Balaban J connectivity index is 2.49. The van der Waals surface area contributed by atoms with E-state index in [1.54, 1.807) is 19.0 Å². The number of nitrogens with zero attached hydrogens (tertiary/aromatic N) is 1. The molecule has 1 rings (SSSR count). The highest BCUT2D eigenvalue weighted by molar-refractivity contribution is 5.86. The van der Waals surface area contributed by atoms with Gasteiger partial charge >= 0.3 is 0 Å². The van der Waals surface area contributed by atoms with Crippen molar-refractivity contribution in [2.24, 2.45) is 17.1 Å². The molecule has 1 saturated carbocycles. The molecule has 0 aromatic carbocycles. The maximum atomic E-state index is 12.0. The Bertz CT molecular complexity index is 287. The number of hydrogen-bond donors (Lipinski definition) is 2. The van der Waals surface area contributed by atoms with Gasteiger partial charge < -0.3 is 16.0 Å². The van der Waals surface area contributed by atoms with Gasteiger partial charge in [0.2, 0.25) is 11.8 Å². The summed E-state index contributed by atoms with van der Waals surface area (Å²) in [4.78, 5) is 25.0. The first-order valence-corrected chi connectivity index (χ1v) is 5.64. The Morgan fingerprint density at radius 2 is 2.06 bits per heavy atom. The van der Waals surface area contributed by atoms with Gasteiger partial charge in [-0.15, -0.1) is 0 Å². The predicted molar refractivity (Wildman–Crippen MR) is 61.6 cm³/mol. The van der Waals surface area contributed by atoms with Gasteiger partial charge in [-0.05, 0) is 12.8 Å². The molecule has 0 aromatic heterocycles. The van der Waals surface area contributed by atoms with Crippen LogP contribution >= 0.6 is 0 Å². The first kappa shape index (κ1) is 13.0. The second kappa shape index (κ2) is 4.82. The number of nitrogens with one attached hydrogen (secondary N) is 1.